The van der Waals surface area contributed by atoms with Gasteiger partial charge in [0, 0.05) is 6.42 Å². The summed E-state index contributed by atoms with van der Waals surface area (Å²) in [6.45, 7) is 47.8. The molecule has 0 saturated carbocycles. The zero-order chi connectivity index (χ0) is 73.9. The van der Waals surface area contributed by atoms with E-state index in [0.717, 1.165) is 180 Å². The second-order valence-electron chi connectivity index (χ2n) is 30.8. The maximum atomic E-state index is 12.5. The van der Waals surface area contributed by atoms with Crippen LogP contribution in [0.3, 0.4) is 0 Å². The van der Waals surface area contributed by atoms with Crippen LogP contribution in [0.25, 0.3) is 0 Å². The van der Waals surface area contributed by atoms with Crippen LogP contribution in [0.1, 0.15) is 377 Å². The molecule has 0 fully saturated rings. The Morgan fingerprint density at radius 1 is 0.162 bits per heavy atom. The molecule has 0 rings (SSSR count). The summed E-state index contributed by atoms with van der Waals surface area (Å²) in [6, 6.07) is 0. The third-order valence-electron chi connectivity index (χ3n) is 19.2. The molecule has 2 nitrogen and oxygen atoms in total. The Bertz CT molecular complexity index is 2870. The molecule has 0 amide bonds. The van der Waals surface area contributed by atoms with Gasteiger partial charge in [-0.15, -0.1) is 0 Å². The summed E-state index contributed by atoms with van der Waals surface area (Å²) in [5.41, 5.74) is 28.1. The lowest BCUT2D eigenvalue weighted by Crippen LogP contribution is -2.04. The molecular weight excluding hydrogens is 1200 g/mol. The zero-order valence-corrected chi connectivity index (χ0v) is 68.9. The van der Waals surface area contributed by atoms with Crippen molar-refractivity contribution in [3.63, 3.8) is 0 Å². The summed E-state index contributed by atoms with van der Waals surface area (Å²) in [5.74, 6) is -0.115. The Hall–Kier alpha value is -5.47. The van der Waals surface area contributed by atoms with Crippen molar-refractivity contribution in [2.24, 2.45) is 0 Å². The fraction of sp³-hybridized carbons (Fsp3) is 0.598. The van der Waals surface area contributed by atoms with Gasteiger partial charge in [-0.1, -0.05) is 215 Å². The van der Waals surface area contributed by atoms with Crippen LogP contribution in [-0.4, -0.2) is 12.6 Å². The van der Waals surface area contributed by atoms with Gasteiger partial charge in [-0.05, 0) is 376 Å². The molecule has 0 atom stereocenters. The predicted octanol–water partition coefficient (Wildman–Crippen LogP) is 32.6. The summed E-state index contributed by atoms with van der Waals surface area (Å²) in [5, 5.41) is 0. The maximum absolute atomic E-state index is 12.5. The standard InChI is InChI=1S/C97H156O2/c1-78(2)40-22-42-80(5)44-24-46-82(7)48-26-50-84(9)52-28-54-86(11)56-30-57-88(13)58-31-59-89(14)62-33-63-91(16)66-35-67-93(18)70-37-71-95(20)74-39-75-97(98)99-77-76-96(21)73-38-72-94(19)69-36-68-92(17)65-34-64-90(15)61-32-60-87(12)55-29-53-85(10)51-27-49-83(8)47-25-45-81(6)43-23-41-79(3)4/h40-41,44-45,48-49,52-53,56,58,60,62,64,66,68,70,72,74,76H,22-39,42-43,46-47,50-51,54-55,57,59,61,63,65,67,69,71,73,75,77H2,1-21H3/b80-44-,81-45-,82-48+,83-49+,84-52-,85-53-,86-56+,87-60+,88-58-,89-62+,90-64-,91-66-,92-68+,93-70+,94-72-,95-74-,96-76-. The van der Waals surface area contributed by atoms with Gasteiger partial charge in [0.25, 0.3) is 0 Å². The highest BCUT2D eigenvalue weighted by molar-refractivity contribution is 5.69. The van der Waals surface area contributed by atoms with Crippen molar-refractivity contribution in [1.82, 2.24) is 0 Å². The Kier molecular flexibility index (Phi) is 58.9. The van der Waals surface area contributed by atoms with Gasteiger partial charge in [0.1, 0.15) is 6.61 Å². The molecule has 0 aliphatic rings. The second kappa shape index (κ2) is 62.3. The van der Waals surface area contributed by atoms with Gasteiger partial charge in [0.15, 0.2) is 0 Å². The van der Waals surface area contributed by atoms with E-state index in [1.54, 1.807) is 0 Å². The lowest BCUT2D eigenvalue weighted by molar-refractivity contribution is -0.142. The molecule has 0 aromatic rings. The molecule has 0 heterocycles. The van der Waals surface area contributed by atoms with Crippen molar-refractivity contribution in [3.8, 4) is 0 Å². The summed E-state index contributed by atoms with van der Waals surface area (Å²) < 4.78 is 5.58. The molecule has 0 unspecified atom stereocenters. The minimum atomic E-state index is -0.115. The molecule has 0 aliphatic heterocycles. The Balaban J connectivity index is 4.33. The van der Waals surface area contributed by atoms with Crippen LogP contribution in [0.2, 0.25) is 0 Å². The van der Waals surface area contributed by atoms with Crippen LogP contribution in [0.15, 0.2) is 221 Å². The largest absolute Gasteiger partial charge is 0.461 e. The van der Waals surface area contributed by atoms with Gasteiger partial charge in [-0.2, -0.15) is 0 Å². The monoisotopic (exact) mass is 1350 g/mol. The molecule has 99 heavy (non-hydrogen) atoms. The van der Waals surface area contributed by atoms with Gasteiger partial charge in [0.2, 0.25) is 0 Å². The summed E-state index contributed by atoms with van der Waals surface area (Å²) >= 11 is 0. The van der Waals surface area contributed by atoms with Gasteiger partial charge < -0.3 is 4.74 Å². The molecule has 0 aliphatic carbocycles. The summed E-state index contributed by atoms with van der Waals surface area (Å²) in [4.78, 5) is 12.5. The van der Waals surface area contributed by atoms with Crippen molar-refractivity contribution in [2.45, 2.75) is 377 Å². The van der Waals surface area contributed by atoms with Crippen molar-refractivity contribution in [2.75, 3.05) is 6.61 Å². The van der Waals surface area contributed by atoms with E-state index in [2.05, 4.69) is 261 Å². The number of hydrogen-bond acceptors (Lipinski definition) is 2. The molecule has 0 spiro atoms. The second-order valence-corrected chi connectivity index (χ2v) is 30.8. The Labute approximate surface area is 616 Å². The van der Waals surface area contributed by atoms with Gasteiger partial charge in [0.05, 0.1) is 0 Å². The first kappa shape index (κ1) is 93.5. The summed E-state index contributed by atoms with van der Waals surface area (Å²) in [6.07, 6.45) is 85.4. The van der Waals surface area contributed by atoms with Crippen LogP contribution >= 0.6 is 0 Å². The quantitative estimate of drug-likeness (QED) is 0.0448. The molecule has 0 aromatic carbocycles. The third kappa shape index (κ3) is 64.4. The molecule has 0 N–H and O–H groups in total. The van der Waals surface area contributed by atoms with Gasteiger partial charge >= 0.3 is 5.97 Å². The lowest BCUT2D eigenvalue weighted by atomic mass is 10.0. The third-order valence-corrected chi connectivity index (χ3v) is 19.2. The molecule has 0 saturated heterocycles. The first-order valence-corrected chi connectivity index (χ1v) is 39.8. The number of hydrogen-bond donors (Lipinski definition) is 0. The lowest BCUT2D eigenvalue weighted by Gasteiger charge is -2.05. The predicted molar refractivity (Wildman–Crippen MR) is 450 cm³/mol. The van der Waals surface area contributed by atoms with Crippen molar-refractivity contribution >= 4 is 5.97 Å². The fourth-order valence-electron chi connectivity index (χ4n) is 11.9. The highest BCUT2D eigenvalue weighted by atomic mass is 16.5. The SMILES string of the molecule is CC(C)=CCC/C(C)=C\CC/C(C)=C/CC/C(C)=C\CC/C(C)=C/CC/C(C)=C\CC/C(C)=C/CC/C(C)=C\CC/C(C)=C\COC(=O)CC/C=C(/C)CC/C=C(\C)CC/C=C(/C)CC/C=C(\C)CC/C=C(/C)CC/C=C(\C)CC/C=C(/C)CC/C=C(\C)CC/C=C(/C)CCC=C(C)C. The smallest absolute Gasteiger partial charge is 0.306 e. The van der Waals surface area contributed by atoms with E-state index in [0.29, 0.717) is 13.0 Å². The van der Waals surface area contributed by atoms with Crippen LogP contribution in [0.5, 0.6) is 0 Å². The molecular formula is C97H156O2. The normalized spacial score (nSPS) is 14.9. The number of carbonyl (C=O) groups excluding carboxylic acids is 1. The van der Waals surface area contributed by atoms with Gasteiger partial charge in [-0.25, -0.2) is 0 Å². The topological polar surface area (TPSA) is 26.3 Å². The average molecular weight is 1350 g/mol. The van der Waals surface area contributed by atoms with Crippen LogP contribution in [-0.2, 0) is 9.53 Å². The van der Waals surface area contributed by atoms with Crippen molar-refractivity contribution in [3.05, 3.63) is 221 Å². The number of carbonyl (C=O) groups is 1. The van der Waals surface area contributed by atoms with Crippen LogP contribution < -0.4 is 0 Å². The minimum absolute atomic E-state index is 0.115. The molecule has 0 radical (unpaired) electrons. The molecule has 2 heteroatoms. The van der Waals surface area contributed by atoms with E-state index in [1.807, 2.05) is 0 Å². The molecule has 0 aromatic heterocycles. The number of rotatable bonds is 56. The van der Waals surface area contributed by atoms with Crippen molar-refractivity contribution < 1.29 is 9.53 Å². The van der Waals surface area contributed by atoms with Crippen LogP contribution in [0.4, 0.5) is 0 Å². The first-order valence-electron chi connectivity index (χ1n) is 39.8. The Morgan fingerprint density at radius 2 is 0.273 bits per heavy atom. The molecule has 0 bridgehead atoms. The van der Waals surface area contributed by atoms with E-state index in [-0.39, 0.29) is 5.97 Å². The summed E-state index contributed by atoms with van der Waals surface area (Å²) in [7, 11) is 0. The van der Waals surface area contributed by atoms with E-state index in [9.17, 15) is 4.79 Å². The highest BCUT2D eigenvalue weighted by Crippen LogP contribution is 2.22. The zero-order valence-electron chi connectivity index (χ0n) is 68.9. The van der Waals surface area contributed by atoms with E-state index in [1.165, 1.54) is 151 Å². The maximum Gasteiger partial charge on any atom is 0.306 e. The van der Waals surface area contributed by atoms with E-state index in [4.69, 9.17) is 4.74 Å². The fourth-order valence-corrected chi connectivity index (χ4v) is 11.9. The highest BCUT2D eigenvalue weighted by Gasteiger charge is 2.04. The van der Waals surface area contributed by atoms with Gasteiger partial charge in [-0.3, -0.25) is 4.79 Å². The Morgan fingerprint density at radius 3 is 0.404 bits per heavy atom. The van der Waals surface area contributed by atoms with E-state index < -0.39 is 0 Å². The number of ether oxygens (including phenoxy) is 1. The number of allylic oxidation sites excluding steroid dienone is 37. The van der Waals surface area contributed by atoms with E-state index >= 15 is 0 Å². The van der Waals surface area contributed by atoms with Crippen molar-refractivity contribution in [1.29, 1.82) is 0 Å². The molecule has 556 valence electrons. The first-order chi connectivity index (χ1) is 47.2. The average Bonchev–Trinajstić information content (AvgIpc) is 3.64. The number of esters is 1. The minimum Gasteiger partial charge on any atom is -0.461 e. The van der Waals surface area contributed by atoms with Crippen LogP contribution in [0, 0.1) is 0 Å².